The zero-order valence-electron chi connectivity index (χ0n) is 12.1. The number of carbonyl (C=O) groups excluding carboxylic acids is 2. The van der Waals surface area contributed by atoms with E-state index in [1.165, 1.54) is 0 Å². The second kappa shape index (κ2) is 4.91. The van der Waals surface area contributed by atoms with Gasteiger partial charge in [0.2, 0.25) is 0 Å². The fourth-order valence-corrected chi connectivity index (χ4v) is 2.79. The Morgan fingerprint density at radius 2 is 2.11 bits per heavy atom. The molecule has 0 N–H and O–H groups in total. The SMILES string of the molecule is Cn1ccc(C(=O)C2CC(C(C)(C)C)CCC2=O)n1. The lowest BCUT2D eigenvalue weighted by molar-refractivity contribution is -0.124. The predicted octanol–water partition coefficient (Wildman–Crippen LogP) is 2.63. The molecule has 0 amide bonds. The molecule has 104 valence electrons. The third kappa shape index (κ3) is 2.94. The highest BCUT2D eigenvalue weighted by Gasteiger charge is 2.39. The molecule has 1 saturated carbocycles. The summed E-state index contributed by atoms with van der Waals surface area (Å²) >= 11 is 0. The van der Waals surface area contributed by atoms with Gasteiger partial charge >= 0.3 is 0 Å². The Hall–Kier alpha value is -1.45. The highest BCUT2D eigenvalue weighted by Crippen LogP contribution is 2.39. The zero-order chi connectivity index (χ0) is 14.2. The van der Waals surface area contributed by atoms with Crippen LogP contribution in [0.15, 0.2) is 12.3 Å². The Morgan fingerprint density at radius 3 is 2.63 bits per heavy atom. The summed E-state index contributed by atoms with van der Waals surface area (Å²) in [6.45, 7) is 6.53. The standard InChI is InChI=1S/C15H22N2O2/c1-15(2,3)10-5-6-13(18)11(9-10)14(19)12-7-8-17(4)16-12/h7-8,10-11H,5-6,9H2,1-4H3. The molecule has 1 heterocycles. The number of hydrogen-bond donors (Lipinski definition) is 0. The summed E-state index contributed by atoms with van der Waals surface area (Å²) in [5.74, 6) is -0.105. The van der Waals surface area contributed by atoms with E-state index in [-0.39, 0.29) is 17.0 Å². The van der Waals surface area contributed by atoms with Gasteiger partial charge in [0.1, 0.15) is 11.5 Å². The van der Waals surface area contributed by atoms with Crippen molar-refractivity contribution in [3.63, 3.8) is 0 Å². The van der Waals surface area contributed by atoms with Crippen molar-refractivity contribution in [3.8, 4) is 0 Å². The number of rotatable bonds is 2. The average Bonchev–Trinajstić information content (AvgIpc) is 2.74. The molecule has 0 aromatic carbocycles. The summed E-state index contributed by atoms with van der Waals surface area (Å²) in [7, 11) is 1.78. The first kappa shape index (κ1) is 14.0. The maximum absolute atomic E-state index is 12.4. The number of nitrogens with zero attached hydrogens (tertiary/aromatic N) is 2. The van der Waals surface area contributed by atoms with Crippen molar-refractivity contribution in [1.82, 2.24) is 9.78 Å². The molecule has 2 unspecified atom stereocenters. The van der Waals surface area contributed by atoms with Gasteiger partial charge in [-0.2, -0.15) is 5.10 Å². The molecule has 1 aliphatic rings. The molecule has 1 aliphatic carbocycles. The van der Waals surface area contributed by atoms with Gasteiger partial charge in [0.25, 0.3) is 0 Å². The van der Waals surface area contributed by atoms with Crippen LogP contribution < -0.4 is 0 Å². The molecule has 0 aliphatic heterocycles. The Balaban J connectivity index is 2.18. The Bertz CT molecular complexity index is 496. The van der Waals surface area contributed by atoms with E-state index in [1.807, 2.05) is 0 Å². The van der Waals surface area contributed by atoms with E-state index in [0.29, 0.717) is 24.5 Å². The lowest BCUT2D eigenvalue weighted by atomic mass is 9.67. The smallest absolute Gasteiger partial charge is 0.193 e. The van der Waals surface area contributed by atoms with Crippen molar-refractivity contribution in [3.05, 3.63) is 18.0 Å². The van der Waals surface area contributed by atoms with E-state index in [1.54, 1.807) is 24.0 Å². The maximum Gasteiger partial charge on any atom is 0.193 e. The molecule has 2 rings (SSSR count). The van der Waals surface area contributed by atoms with Crippen LogP contribution in [0.2, 0.25) is 0 Å². The molecule has 0 saturated heterocycles. The number of aryl methyl sites for hydroxylation is 1. The molecule has 1 fully saturated rings. The van der Waals surface area contributed by atoms with E-state index in [0.717, 1.165) is 6.42 Å². The minimum Gasteiger partial charge on any atom is -0.299 e. The van der Waals surface area contributed by atoms with Gasteiger partial charge in [-0.1, -0.05) is 20.8 Å². The molecule has 0 radical (unpaired) electrons. The third-order valence-corrected chi connectivity index (χ3v) is 4.16. The van der Waals surface area contributed by atoms with Gasteiger partial charge in [-0.3, -0.25) is 14.3 Å². The molecule has 0 bridgehead atoms. The fraction of sp³-hybridized carbons (Fsp3) is 0.667. The van der Waals surface area contributed by atoms with Gasteiger partial charge < -0.3 is 0 Å². The molecule has 2 atom stereocenters. The normalized spacial score (nSPS) is 24.5. The molecule has 4 heteroatoms. The quantitative estimate of drug-likeness (QED) is 0.608. The summed E-state index contributed by atoms with van der Waals surface area (Å²) in [4.78, 5) is 24.4. The number of carbonyl (C=O) groups is 2. The summed E-state index contributed by atoms with van der Waals surface area (Å²) < 4.78 is 1.60. The number of ketones is 2. The molecule has 1 aromatic rings. The Morgan fingerprint density at radius 1 is 1.42 bits per heavy atom. The number of aromatic nitrogens is 2. The van der Waals surface area contributed by atoms with Gasteiger partial charge in [-0.15, -0.1) is 0 Å². The van der Waals surface area contributed by atoms with E-state index in [4.69, 9.17) is 0 Å². The highest BCUT2D eigenvalue weighted by molar-refractivity contribution is 6.10. The average molecular weight is 262 g/mol. The Labute approximate surface area is 114 Å². The van der Waals surface area contributed by atoms with Crippen molar-refractivity contribution in [1.29, 1.82) is 0 Å². The molecular formula is C15H22N2O2. The van der Waals surface area contributed by atoms with Crippen LogP contribution in [0.4, 0.5) is 0 Å². The van der Waals surface area contributed by atoms with Crippen molar-refractivity contribution >= 4 is 11.6 Å². The van der Waals surface area contributed by atoms with Crippen LogP contribution in [-0.4, -0.2) is 21.3 Å². The monoisotopic (exact) mass is 262 g/mol. The predicted molar refractivity (Wildman–Crippen MR) is 72.8 cm³/mol. The fourth-order valence-electron chi connectivity index (χ4n) is 2.79. The van der Waals surface area contributed by atoms with Gasteiger partial charge in [-0.25, -0.2) is 0 Å². The summed E-state index contributed by atoms with van der Waals surface area (Å²) in [6, 6.07) is 1.69. The topological polar surface area (TPSA) is 52.0 Å². The second-order valence-electron chi connectivity index (χ2n) is 6.60. The van der Waals surface area contributed by atoms with Crippen LogP contribution in [0.3, 0.4) is 0 Å². The van der Waals surface area contributed by atoms with Crippen molar-refractivity contribution in [2.45, 2.75) is 40.0 Å². The minimum atomic E-state index is -0.493. The van der Waals surface area contributed by atoms with Gasteiger partial charge in [-0.05, 0) is 30.2 Å². The van der Waals surface area contributed by atoms with Gasteiger partial charge in [0.05, 0.1) is 5.92 Å². The van der Waals surface area contributed by atoms with Crippen LogP contribution in [-0.2, 0) is 11.8 Å². The summed E-state index contributed by atoms with van der Waals surface area (Å²) in [6.07, 6.45) is 3.82. The molecule has 0 spiro atoms. The molecular weight excluding hydrogens is 240 g/mol. The lowest BCUT2D eigenvalue weighted by Crippen LogP contribution is -2.36. The van der Waals surface area contributed by atoms with Crippen LogP contribution in [0.5, 0.6) is 0 Å². The van der Waals surface area contributed by atoms with Gasteiger partial charge in [0.15, 0.2) is 5.78 Å². The molecule has 4 nitrogen and oxygen atoms in total. The summed E-state index contributed by atoms with van der Waals surface area (Å²) in [5, 5.41) is 4.12. The first-order chi connectivity index (χ1) is 8.79. The maximum atomic E-state index is 12.4. The van der Waals surface area contributed by atoms with E-state index < -0.39 is 5.92 Å². The van der Waals surface area contributed by atoms with Crippen molar-refractivity contribution in [2.24, 2.45) is 24.3 Å². The summed E-state index contributed by atoms with van der Waals surface area (Å²) in [5.41, 5.74) is 0.555. The van der Waals surface area contributed by atoms with E-state index in [2.05, 4.69) is 25.9 Å². The van der Waals surface area contributed by atoms with Crippen LogP contribution in [0.1, 0.15) is 50.5 Å². The van der Waals surface area contributed by atoms with E-state index in [9.17, 15) is 9.59 Å². The minimum absolute atomic E-state index is 0.0798. The van der Waals surface area contributed by atoms with Crippen LogP contribution in [0.25, 0.3) is 0 Å². The van der Waals surface area contributed by atoms with Crippen molar-refractivity contribution in [2.75, 3.05) is 0 Å². The van der Waals surface area contributed by atoms with Crippen LogP contribution >= 0.6 is 0 Å². The first-order valence-electron chi connectivity index (χ1n) is 6.85. The zero-order valence-corrected chi connectivity index (χ0v) is 12.1. The van der Waals surface area contributed by atoms with Crippen LogP contribution in [0, 0.1) is 17.3 Å². The third-order valence-electron chi connectivity index (χ3n) is 4.16. The molecule has 1 aromatic heterocycles. The van der Waals surface area contributed by atoms with Crippen molar-refractivity contribution < 1.29 is 9.59 Å². The largest absolute Gasteiger partial charge is 0.299 e. The number of Topliss-reactive ketones (excluding diaryl/α,β-unsaturated/α-hetero) is 2. The number of hydrogen-bond acceptors (Lipinski definition) is 3. The van der Waals surface area contributed by atoms with E-state index >= 15 is 0 Å². The first-order valence-corrected chi connectivity index (χ1v) is 6.85. The Kier molecular flexibility index (Phi) is 3.61. The highest BCUT2D eigenvalue weighted by atomic mass is 16.2. The van der Waals surface area contributed by atoms with Gasteiger partial charge in [0, 0.05) is 19.7 Å². The molecule has 19 heavy (non-hydrogen) atoms. The lowest BCUT2D eigenvalue weighted by Gasteiger charge is -2.36. The second-order valence-corrected chi connectivity index (χ2v) is 6.60.